The lowest BCUT2D eigenvalue weighted by molar-refractivity contribution is -0.139. The lowest BCUT2D eigenvalue weighted by atomic mass is 10.0. The second-order valence-corrected chi connectivity index (χ2v) is 5.87. The number of ketones is 1. The largest absolute Gasteiger partial charge is 0.480 e. The highest BCUT2D eigenvalue weighted by molar-refractivity contribution is 6.11. The summed E-state index contributed by atoms with van der Waals surface area (Å²) in [6.07, 6.45) is 1.78. The summed E-state index contributed by atoms with van der Waals surface area (Å²) in [4.78, 5) is 31.4. The Morgan fingerprint density at radius 1 is 1.00 bits per heavy atom. The van der Waals surface area contributed by atoms with Crippen LogP contribution in [0.25, 0.3) is 0 Å². The molecular formula is C20H25N3O5. The van der Waals surface area contributed by atoms with Crippen molar-refractivity contribution in [1.29, 1.82) is 0 Å². The molecule has 2 aromatic carbocycles. The highest BCUT2D eigenvalue weighted by Gasteiger charge is 2.20. The molecule has 3 rings (SSSR count). The topological polar surface area (TPSA) is 156 Å². The van der Waals surface area contributed by atoms with Crippen molar-refractivity contribution in [1.82, 2.24) is 5.32 Å². The molecule has 1 fully saturated rings. The van der Waals surface area contributed by atoms with E-state index < -0.39 is 11.9 Å². The van der Waals surface area contributed by atoms with E-state index in [1.807, 2.05) is 30.3 Å². The average molecular weight is 387 g/mol. The van der Waals surface area contributed by atoms with Gasteiger partial charge in [-0.15, -0.1) is 0 Å². The zero-order chi connectivity index (χ0) is 20.9. The number of nitrogens with one attached hydrogen (secondary N) is 1. The van der Waals surface area contributed by atoms with E-state index in [2.05, 4.69) is 11.1 Å². The first-order valence-corrected chi connectivity index (χ1v) is 8.69. The maximum absolute atomic E-state index is 12.0. The monoisotopic (exact) mass is 387 g/mol. The summed E-state index contributed by atoms with van der Waals surface area (Å²) in [5.74, 6) is -1.72. The van der Waals surface area contributed by atoms with Gasteiger partial charge in [-0.2, -0.15) is 0 Å². The number of rotatable bonds is 4. The first-order chi connectivity index (χ1) is 13.4. The van der Waals surface area contributed by atoms with Crippen LogP contribution < -0.4 is 16.8 Å². The van der Waals surface area contributed by atoms with Crippen LogP contribution in [0.15, 0.2) is 54.6 Å². The highest BCUT2D eigenvalue weighted by atomic mass is 16.4. The van der Waals surface area contributed by atoms with E-state index in [0.717, 1.165) is 19.4 Å². The number of para-hydroxylation sites is 1. The molecule has 1 aliphatic rings. The van der Waals surface area contributed by atoms with Gasteiger partial charge in [0.05, 0.1) is 6.54 Å². The minimum absolute atomic E-state index is 0.0336. The Balaban J connectivity index is 0.000000253. The van der Waals surface area contributed by atoms with E-state index in [1.54, 1.807) is 24.3 Å². The van der Waals surface area contributed by atoms with Gasteiger partial charge < -0.3 is 27.0 Å². The molecule has 0 bridgehead atoms. The van der Waals surface area contributed by atoms with Gasteiger partial charge in [0.2, 0.25) is 0 Å². The fraction of sp³-hybridized carbons (Fsp3) is 0.250. The second-order valence-electron chi connectivity index (χ2n) is 5.87. The van der Waals surface area contributed by atoms with E-state index in [9.17, 15) is 14.4 Å². The summed E-state index contributed by atoms with van der Waals surface area (Å²) in [6, 6.07) is 16.0. The number of carbonyl (C=O) groups is 3. The minimum atomic E-state index is -0.968. The van der Waals surface area contributed by atoms with Crippen molar-refractivity contribution < 1.29 is 24.6 Å². The molecule has 28 heavy (non-hydrogen) atoms. The van der Waals surface area contributed by atoms with Gasteiger partial charge in [-0.25, -0.2) is 0 Å². The number of nitrogens with two attached hydrogens (primary N) is 2. The van der Waals surface area contributed by atoms with Gasteiger partial charge in [-0.05, 0) is 31.5 Å². The van der Waals surface area contributed by atoms with Crippen LogP contribution in [0.2, 0.25) is 0 Å². The van der Waals surface area contributed by atoms with Gasteiger partial charge in [0.15, 0.2) is 5.78 Å². The van der Waals surface area contributed by atoms with E-state index in [4.69, 9.17) is 15.9 Å². The molecule has 0 aliphatic carbocycles. The maximum Gasteiger partial charge on any atom is 0.320 e. The number of carboxylic acids is 2. The van der Waals surface area contributed by atoms with Crippen molar-refractivity contribution in [2.24, 2.45) is 5.73 Å². The van der Waals surface area contributed by atoms with Crippen LogP contribution in [0.1, 0.15) is 28.8 Å². The highest BCUT2D eigenvalue weighted by Crippen LogP contribution is 2.15. The molecule has 0 saturated carbocycles. The Labute approximate surface area is 163 Å². The number of carbonyl (C=O) groups excluding carboxylic acids is 1. The number of anilines is 1. The number of benzene rings is 2. The number of aliphatic carboxylic acids is 2. The molecule has 1 heterocycles. The predicted molar refractivity (Wildman–Crippen MR) is 106 cm³/mol. The van der Waals surface area contributed by atoms with Crippen LogP contribution in [0.4, 0.5) is 5.69 Å². The molecule has 0 aromatic heterocycles. The van der Waals surface area contributed by atoms with Crippen LogP contribution in [0.5, 0.6) is 0 Å². The summed E-state index contributed by atoms with van der Waals surface area (Å²) >= 11 is 0. The van der Waals surface area contributed by atoms with Gasteiger partial charge >= 0.3 is 11.9 Å². The Morgan fingerprint density at radius 3 is 2.00 bits per heavy atom. The molecule has 0 radical (unpaired) electrons. The van der Waals surface area contributed by atoms with Crippen molar-refractivity contribution >= 4 is 23.4 Å². The minimum Gasteiger partial charge on any atom is -0.480 e. The Bertz CT molecular complexity index is 774. The third-order valence-corrected chi connectivity index (χ3v) is 3.77. The third-order valence-electron chi connectivity index (χ3n) is 3.77. The molecule has 2 aromatic rings. The van der Waals surface area contributed by atoms with Crippen LogP contribution in [0, 0.1) is 0 Å². The van der Waals surface area contributed by atoms with Crippen LogP contribution in [-0.2, 0) is 9.59 Å². The average Bonchev–Trinajstić information content (AvgIpc) is 3.25. The fourth-order valence-corrected chi connectivity index (χ4v) is 2.34. The quantitative estimate of drug-likeness (QED) is 0.389. The summed E-state index contributed by atoms with van der Waals surface area (Å²) < 4.78 is 0. The molecule has 8 nitrogen and oxygen atoms in total. The van der Waals surface area contributed by atoms with E-state index in [0.29, 0.717) is 16.8 Å². The lowest BCUT2D eigenvalue weighted by Gasteiger charge is -2.03. The standard InChI is InChI=1S/C13H11NO.C5H9NO2.C2H5NO2/c14-12-9-5-4-8-11(12)13(15)10-6-2-1-3-7-10;7-5(8)4-2-1-3-6-4;3-1-2(4)5/h1-9H,14H2;4,6H,1-3H2,(H,7,8);1,3H2,(H,4,5)/t;4-;/m.0./s1. The first-order valence-electron chi connectivity index (χ1n) is 8.69. The van der Waals surface area contributed by atoms with Crippen LogP contribution >= 0.6 is 0 Å². The summed E-state index contributed by atoms with van der Waals surface area (Å²) in [7, 11) is 0. The van der Waals surface area contributed by atoms with Gasteiger partial charge in [0, 0.05) is 16.8 Å². The van der Waals surface area contributed by atoms with Crippen molar-refractivity contribution in [3.63, 3.8) is 0 Å². The molecular weight excluding hydrogens is 362 g/mol. The first kappa shape index (κ1) is 22.8. The molecule has 0 spiro atoms. The Morgan fingerprint density at radius 2 is 1.57 bits per heavy atom. The van der Waals surface area contributed by atoms with E-state index >= 15 is 0 Å². The number of nitrogen functional groups attached to an aromatic ring is 1. The number of hydrogen-bond acceptors (Lipinski definition) is 6. The number of carboxylic acid groups (broad SMARTS) is 2. The summed E-state index contributed by atoms with van der Waals surface area (Å²) in [5, 5.41) is 18.8. The molecule has 1 aliphatic heterocycles. The summed E-state index contributed by atoms with van der Waals surface area (Å²) in [6.45, 7) is 0.580. The predicted octanol–water partition coefficient (Wildman–Crippen LogP) is 1.35. The smallest absolute Gasteiger partial charge is 0.320 e. The van der Waals surface area contributed by atoms with E-state index in [1.165, 1.54) is 0 Å². The number of hydrogen-bond donors (Lipinski definition) is 5. The maximum atomic E-state index is 12.0. The van der Waals surface area contributed by atoms with Gasteiger partial charge in [-0.1, -0.05) is 42.5 Å². The molecule has 7 N–H and O–H groups in total. The normalized spacial score (nSPS) is 14.7. The van der Waals surface area contributed by atoms with Gasteiger partial charge in [-0.3, -0.25) is 14.4 Å². The molecule has 1 atom stereocenters. The van der Waals surface area contributed by atoms with Gasteiger partial charge in [0.25, 0.3) is 0 Å². The third kappa shape index (κ3) is 7.98. The zero-order valence-electron chi connectivity index (χ0n) is 15.4. The van der Waals surface area contributed by atoms with Crippen LogP contribution in [0.3, 0.4) is 0 Å². The molecule has 150 valence electrons. The van der Waals surface area contributed by atoms with Crippen molar-refractivity contribution in [2.75, 3.05) is 18.8 Å². The molecule has 0 unspecified atom stereocenters. The van der Waals surface area contributed by atoms with Crippen molar-refractivity contribution in [3.8, 4) is 0 Å². The lowest BCUT2D eigenvalue weighted by Crippen LogP contribution is -2.29. The fourth-order valence-electron chi connectivity index (χ4n) is 2.34. The van der Waals surface area contributed by atoms with Crippen LogP contribution in [-0.4, -0.2) is 47.1 Å². The SMILES string of the molecule is NCC(=O)O.Nc1ccccc1C(=O)c1ccccc1.O=C(O)[C@@H]1CCCN1. The second kappa shape index (κ2) is 12.2. The summed E-state index contributed by atoms with van der Waals surface area (Å²) in [5.41, 5.74) is 12.1. The molecule has 8 heteroatoms. The zero-order valence-corrected chi connectivity index (χ0v) is 15.4. The van der Waals surface area contributed by atoms with E-state index in [-0.39, 0.29) is 18.4 Å². The Hall–Kier alpha value is -3.23. The molecule has 0 amide bonds. The van der Waals surface area contributed by atoms with Crippen molar-refractivity contribution in [2.45, 2.75) is 18.9 Å². The van der Waals surface area contributed by atoms with Crippen molar-refractivity contribution in [3.05, 3.63) is 65.7 Å². The molecule has 1 saturated heterocycles. The Kier molecular flexibility index (Phi) is 9.95. The van der Waals surface area contributed by atoms with Gasteiger partial charge in [0.1, 0.15) is 6.04 Å².